The van der Waals surface area contributed by atoms with E-state index in [1.54, 1.807) is 30.4 Å². The van der Waals surface area contributed by atoms with Crippen LogP contribution in [0.5, 0.6) is 5.75 Å². The van der Waals surface area contributed by atoms with Crippen molar-refractivity contribution in [2.75, 3.05) is 0 Å². The minimum absolute atomic E-state index is 0.211. The first-order valence-electron chi connectivity index (χ1n) is 4.95. The van der Waals surface area contributed by atoms with Crippen molar-refractivity contribution in [3.8, 4) is 5.75 Å². The molecule has 0 saturated carbocycles. The molecule has 1 heterocycles. The Morgan fingerprint density at radius 2 is 2.19 bits per heavy atom. The number of ether oxygens (including phenoxy) is 1. The number of hydrogen-bond donors (Lipinski definition) is 0. The Morgan fingerprint density at radius 1 is 1.38 bits per heavy atom. The molecule has 2 nitrogen and oxygen atoms in total. The Hall–Kier alpha value is -1.42. The van der Waals surface area contributed by atoms with Gasteiger partial charge in [-0.3, -0.25) is 0 Å². The maximum Gasteiger partial charge on any atom is 0.140 e. The molecule has 16 heavy (non-hydrogen) atoms. The lowest BCUT2D eigenvalue weighted by Crippen LogP contribution is -1.95. The molecule has 0 radical (unpaired) electrons. The molecule has 0 aliphatic rings. The van der Waals surface area contributed by atoms with Gasteiger partial charge in [0.2, 0.25) is 0 Å². The summed E-state index contributed by atoms with van der Waals surface area (Å²) in [5.74, 6) is 0.462. The molecule has 0 saturated heterocycles. The van der Waals surface area contributed by atoms with Crippen molar-refractivity contribution in [3.63, 3.8) is 0 Å². The van der Waals surface area contributed by atoms with Gasteiger partial charge >= 0.3 is 0 Å². The summed E-state index contributed by atoms with van der Waals surface area (Å²) < 4.78 is 18.5. The van der Waals surface area contributed by atoms with Crippen LogP contribution in [0, 0.1) is 19.7 Å². The van der Waals surface area contributed by atoms with E-state index in [-0.39, 0.29) is 5.82 Å². The zero-order valence-electron chi connectivity index (χ0n) is 9.16. The monoisotopic (exact) mass is 237 g/mol. The standard InChI is InChI=1S/C12H12FNOS/c1-8-5-10(3-4-11(8)13)15-6-12-14-9(2)7-16-12/h3-5,7H,6H2,1-2H3. The average Bonchev–Trinajstić information content (AvgIpc) is 2.66. The van der Waals surface area contributed by atoms with E-state index in [9.17, 15) is 4.39 Å². The third kappa shape index (κ3) is 2.58. The molecule has 0 aliphatic heterocycles. The van der Waals surface area contributed by atoms with Gasteiger partial charge in [-0.05, 0) is 37.6 Å². The first kappa shape index (κ1) is 11.1. The first-order valence-corrected chi connectivity index (χ1v) is 5.83. The number of halogens is 1. The Kier molecular flexibility index (Phi) is 3.19. The van der Waals surface area contributed by atoms with Gasteiger partial charge in [-0.2, -0.15) is 0 Å². The van der Waals surface area contributed by atoms with E-state index < -0.39 is 0 Å². The van der Waals surface area contributed by atoms with Crippen LogP contribution in [0.15, 0.2) is 23.6 Å². The maximum atomic E-state index is 13.0. The molecule has 1 aromatic heterocycles. The number of aromatic nitrogens is 1. The van der Waals surface area contributed by atoms with Crippen LogP contribution in [0.4, 0.5) is 4.39 Å². The van der Waals surface area contributed by atoms with E-state index in [0.29, 0.717) is 17.9 Å². The second-order valence-electron chi connectivity index (χ2n) is 3.58. The van der Waals surface area contributed by atoms with E-state index in [2.05, 4.69) is 4.98 Å². The molecule has 2 aromatic rings. The van der Waals surface area contributed by atoms with Crippen LogP contribution < -0.4 is 4.74 Å². The molecule has 0 unspecified atom stereocenters. The summed E-state index contributed by atoms with van der Waals surface area (Å²) in [7, 11) is 0. The van der Waals surface area contributed by atoms with Gasteiger partial charge in [0.1, 0.15) is 23.2 Å². The van der Waals surface area contributed by atoms with E-state index in [0.717, 1.165) is 10.7 Å². The molecular weight excluding hydrogens is 225 g/mol. The Balaban J connectivity index is 2.02. The van der Waals surface area contributed by atoms with Gasteiger partial charge in [0, 0.05) is 11.1 Å². The molecule has 84 valence electrons. The quantitative estimate of drug-likeness (QED) is 0.815. The smallest absolute Gasteiger partial charge is 0.140 e. The Labute approximate surface area is 97.7 Å². The van der Waals surface area contributed by atoms with E-state index in [1.165, 1.54) is 6.07 Å². The summed E-state index contributed by atoms with van der Waals surface area (Å²) in [4.78, 5) is 4.29. The number of rotatable bonds is 3. The van der Waals surface area contributed by atoms with E-state index in [4.69, 9.17) is 4.74 Å². The second-order valence-corrected chi connectivity index (χ2v) is 4.52. The summed E-state index contributed by atoms with van der Waals surface area (Å²) in [6.07, 6.45) is 0. The van der Waals surface area contributed by atoms with Crippen molar-refractivity contribution >= 4 is 11.3 Å². The molecule has 0 atom stereocenters. The van der Waals surface area contributed by atoms with Gasteiger partial charge in [-0.1, -0.05) is 0 Å². The summed E-state index contributed by atoms with van der Waals surface area (Å²) in [6.45, 7) is 4.10. The molecule has 0 aliphatic carbocycles. The lowest BCUT2D eigenvalue weighted by atomic mass is 10.2. The Bertz CT molecular complexity index is 496. The fourth-order valence-corrected chi connectivity index (χ4v) is 2.00. The third-order valence-corrected chi connectivity index (χ3v) is 3.10. The van der Waals surface area contributed by atoms with Crippen LogP contribution in [0.3, 0.4) is 0 Å². The lowest BCUT2D eigenvalue weighted by Gasteiger charge is -2.05. The lowest BCUT2D eigenvalue weighted by molar-refractivity contribution is 0.304. The number of thiazole rings is 1. The van der Waals surface area contributed by atoms with Crippen molar-refractivity contribution in [2.45, 2.75) is 20.5 Å². The highest BCUT2D eigenvalue weighted by molar-refractivity contribution is 7.09. The zero-order chi connectivity index (χ0) is 11.5. The van der Waals surface area contributed by atoms with Crippen molar-refractivity contribution in [1.82, 2.24) is 4.98 Å². The van der Waals surface area contributed by atoms with Crippen LogP contribution >= 0.6 is 11.3 Å². The Morgan fingerprint density at radius 3 is 2.81 bits per heavy atom. The molecule has 1 aromatic carbocycles. The molecule has 4 heteroatoms. The SMILES string of the molecule is Cc1csc(COc2ccc(F)c(C)c2)n1. The zero-order valence-corrected chi connectivity index (χ0v) is 9.97. The van der Waals surface area contributed by atoms with Gasteiger partial charge in [0.05, 0.1) is 0 Å². The van der Waals surface area contributed by atoms with Crippen LogP contribution in [0.2, 0.25) is 0 Å². The first-order chi connectivity index (χ1) is 7.65. The number of nitrogens with zero attached hydrogens (tertiary/aromatic N) is 1. The molecule has 0 spiro atoms. The fourth-order valence-electron chi connectivity index (χ4n) is 1.32. The molecule has 0 fully saturated rings. The van der Waals surface area contributed by atoms with Gasteiger partial charge < -0.3 is 4.74 Å². The fraction of sp³-hybridized carbons (Fsp3) is 0.250. The molecule has 0 N–H and O–H groups in total. The largest absolute Gasteiger partial charge is 0.486 e. The van der Waals surface area contributed by atoms with Crippen LogP contribution in [-0.4, -0.2) is 4.98 Å². The predicted molar refractivity (Wildman–Crippen MR) is 62.3 cm³/mol. The summed E-state index contributed by atoms with van der Waals surface area (Å²) in [5.41, 5.74) is 1.59. The second kappa shape index (κ2) is 4.61. The van der Waals surface area contributed by atoms with Crippen molar-refractivity contribution in [3.05, 3.63) is 45.7 Å². The highest BCUT2D eigenvalue weighted by atomic mass is 32.1. The predicted octanol–water partition coefficient (Wildman–Crippen LogP) is 3.48. The molecule has 0 amide bonds. The van der Waals surface area contributed by atoms with Gasteiger partial charge in [0.25, 0.3) is 0 Å². The number of hydrogen-bond acceptors (Lipinski definition) is 3. The number of benzene rings is 1. The van der Waals surface area contributed by atoms with E-state index >= 15 is 0 Å². The van der Waals surface area contributed by atoms with Crippen molar-refractivity contribution in [2.24, 2.45) is 0 Å². The highest BCUT2D eigenvalue weighted by Crippen LogP contribution is 2.18. The highest BCUT2D eigenvalue weighted by Gasteiger charge is 2.02. The molecule has 0 bridgehead atoms. The molecule has 2 rings (SSSR count). The van der Waals surface area contributed by atoms with Crippen LogP contribution in [0.25, 0.3) is 0 Å². The topological polar surface area (TPSA) is 22.1 Å². The van der Waals surface area contributed by atoms with Crippen molar-refractivity contribution < 1.29 is 9.13 Å². The normalized spacial score (nSPS) is 10.4. The molecular formula is C12H12FNOS. The van der Waals surface area contributed by atoms with Crippen LogP contribution in [0.1, 0.15) is 16.3 Å². The third-order valence-electron chi connectivity index (χ3n) is 2.16. The van der Waals surface area contributed by atoms with Gasteiger partial charge in [-0.25, -0.2) is 9.37 Å². The van der Waals surface area contributed by atoms with Crippen LogP contribution in [-0.2, 0) is 6.61 Å². The number of aryl methyl sites for hydroxylation is 2. The summed E-state index contributed by atoms with van der Waals surface area (Å²) in [5, 5.41) is 2.91. The van der Waals surface area contributed by atoms with Gasteiger partial charge in [0.15, 0.2) is 0 Å². The van der Waals surface area contributed by atoms with E-state index in [1.807, 2.05) is 12.3 Å². The van der Waals surface area contributed by atoms with Gasteiger partial charge in [-0.15, -0.1) is 11.3 Å². The average molecular weight is 237 g/mol. The van der Waals surface area contributed by atoms with Crippen molar-refractivity contribution in [1.29, 1.82) is 0 Å². The summed E-state index contributed by atoms with van der Waals surface area (Å²) in [6, 6.07) is 4.73. The minimum Gasteiger partial charge on any atom is -0.486 e. The maximum absolute atomic E-state index is 13.0. The minimum atomic E-state index is -0.211. The summed E-state index contributed by atoms with van der Waals surface area (Å²) >= 11 is 1.57.